The highest BCUT2D eigenvalue weighted by Gasteiger charge is 2.20. The van der Waals surface area contributed by atoms with Gasteiger partial charge in [0.2, 0.25) is 5.91 Å². The van der Waals surface area contributed by atoms with E-state index in [4.69, 9.17) is 0 Å². The van der Waals surface area contributed by atoms with Crippen LogP contribution in [0.4, 0.5) is 4.79 Å². The summed E-state index contributed by atoms with van der Waals surface area (Å²) in [7, 11) is 1.96. The normalized spacial score (nSPS) is 16.6. The quantitative estimate of drug-likeness (QED) is 0.782. The van der Waals surface area contributed by atoms with Crippen LogP contribution in [0.5, 0.6) is 0 Å². The van der Waals surface area contributed by atoms with E-state index in [1.54, 1.807) is 0 Å². The molecule has 0 bridgehead atoms. The molecule has 18 heavy (non-hydrogen) atoms. The molecular weight excluding hydrogens is 230 g/mol. The molecule has 1 aliphatic carbocycles. The van der Waals surface area contributed by atoms with Crippen LogP contribution in [0.15, 0.2) is 0 Å². The summed E-state index contributed by atoms with van der Waals surface area (Å²) < 4.78 is 0. The number of amides is 3. The number of carbonyl (C=O) groups excluding carboxylic acids is 2. The molecule has 1 fully saturated rings. The Hall–Kier alpha value is -1.10. The minimum Gasteiger partial charge on any atom is -0.338 e. The predicted octanol–water partition coefficient (Wildman–Crippen LogP) is 1.49. The van der Waals surface area contributed by atoms with E-state index in [0.717, 1.165) is 19.3 Å². The lowest BCUT2D eigenvalue weighted by Crippen LogP contribution is -2.46. The van der Waals surface area contributed by atoms with Crippen LogP contribution in [-0.4, -0.2) is 43.0 Å². The summed E-state index contributed by atoms with van der Waals surface area (Å²) in [5.74, 6) is -0.225. The summed E-state index contributed by atoms with van der Waals surface area (Å²) in [5.41, 5.74) is 0. The first-order valence-electron chi connectivity index (χ1n) is 6.91. The summed E-state index contributed by atoms with van der Waals surface area (Å²) in [6.45, 7) is 2.86. The van der Waals surface area contributed by atoms with E-state index in [0.29, 0.717) is 19.1 Å². The lowest BCUT2D eigenvalue weighted by Gasteiger charge is -2.30. The summed E-state index contributed by atoms with van der Waals surface area (Å²) in [5, 5.41) is 4.98. The van der Waals surface area contributed by atoms with Crippen LogP contribution >= 0.6 is 0 Å². The summed E-state index contributed by atoms with van der Waals surface area (Å²) in [6.07, 6.45) is 6.97. The molecule has 3 amide bonds. The second-order valence-electron chi connectivity index (χ2n) is 5.01. The number of carbonyl (C=O) groups is 2. The molecule has 104 valence electrons. The van der Waals surface area contributed by atoms with Crippen molar-refractivity contribution >= 4 is 11.9 Å². The molecule has 0 aliphatic heterocycles. The monoisotopic (exact) mass is 255 g/mol. The number of hydrogen-bond donors (Lipinski definition) is 2. The third-order valence-corrected chi connectivity index (χ3v) is 3.38. The van der Waals surface area contributed by atoms with Crippen LogP contribution in [0, 0.1) is 0 Å². The van der Waals surface area contributed by atoms with Gasteiger partial charge in [0.1, 0.15) is 0 Å². The van der Waals surface area contributed by atoms with Gasteiger partial charge in [-0.2, -0.15) is 0 Å². The third-order valence-electron chi connectivity index (χ3n) is 3.38. The Morgan fingerprint density at radius 3 is 2.50 bits per heavy atom. The van der Waals surface area contributed by atoms with Crippen LogP contribution < -0.4 is 10.6 Å². The van der Waals surface area contributed by atoms with Crippen LogP contribution in [0.25, 0.3) is 0 Å². The van der Waals surface area contributed by atoms with Crippen molar-refractivity contribution < 1.29 is 9.59 Å². The molecule has 0 aromatic heterocycles. The van der Waals surface area contributed by atoms with Gasteiger partial charge in [0, 0.05) is 12.6 Å². The topological polar surface area (TPSA) is 61.4 Å². The van der Waals surface area contributed by atoms with E-state index in [9.17, 15) is 9.59 Å². The molecule has 5 heteroatoms. The number of nitrogens with one attached hydrogen (secondary N) is 2. The minimum absolute atomic E-state index is 0.225. The van der Waals surface area contributed by atoms with E-state index in [1.165, 1.54) is 19.3 Å². The summed E-state index contributed by atoms with van der Waals surface area (Å²) in [6, 6.07) is 0.0992. The van der Waals surface area contributed by atoms with Gasteiger partial charge < -0.3 is 5.32 Å². The molecule has 0 saturated heterocycles. The molecule has 5 nitrogen and oxygen atoms in total. The smallest absolute Gasteiger partial charge is 0.321 e. The maximum absolute atomic E-state index is 11.7. The Bertz CT molecular complexity index is 275. The van der Waals surface area contributed by atoms with Crippen LogP contribution in [0.3, 0.4) is 0 Å². The Kier molecular flexibility index (Phi) is 6.72. The van der Waals surface area contributed by atoms with Gasteiger partial charge in [-0.25, -0.2) is 4.79 Å². The maximum Gasteiger partial charge on any atom is 0.321 e. The first kappa shape index (κ1) is 15.0. The van der Waals surface area contributed by atoms with Gasteiger partial charge in [0.05, 0.1) is 6.54 Å². The van der Waals surface area contributed by atoms with Crippen molar-refractivity contribution in [1.29, 1.82) is 0 Å². The summed E-state index contributed by atoms with van der Waals surface area (Å²) >= 11 is 0. The van der Waals surface area contributed by atoms with Gasteiger partial charge in [-0.15, -0.1) is 0 Å². The SMILES string of the molecule is CCCNC(=O)NC(=O)CN(C)C1CCCCC1. The van der Waals surface area contributed by atoms with E-state index >= 15 is 0 Å². The molecule has 0 aromatic rings. The van der Waals surface area contributed by atoms with E-state index < -0.39 is 0 Å². The number of likely N-dealkylation sites (N-methyl/N-ethyl adjacent to an activating group) is 1. The predicted molar refractivity (Wildman–Crippen MR) is 71.3 cm³/mol. The van der Waals surface area contributed by atoms with Crippen molar-refractivity contribution in [1.82, 2.24) is 15.5 Å². The molecule has 0 aromatic carbocycles. The van der Waals surface area contributed by atoms with Gasteiger partial charge in [0.15, 0.2) is 0 Å². The molecule has 2 N–H and O–H groups in total. The molecular formula is C13H25N3O2. The fourth-order valence-corrected chi connectivity index (χ4v) is 2.33. The van der Waals surface area contributed by atoms with Crippen LogP contribution in [0.2, 0.25) is 0 Å². The molecule has 1 rings (SSSR count). The zero-order chi connectivity index (χ0) is 13.4. The average Bonchev–Trinajstić information content (AvgIpc) is 2.37. The van der Waals surface area contributed by atoms with E-state index in [-0.39, 0.29) is 11.9 Å². The molecule has 0 radical (unpaired) electrons. The Balaban J connectivity index is 2.23. The van der Waals surface area contributed by atoms with Gasteiger partial charge in [-0.1, -0.05) is 26.2 Å². The number of imide groups is 1. The largest absolute Gasteiger partial charge is 0.338 e. The van der Waals surface area contributed by atoms with Gasteiger partial charge in [0.25, 0.3) is 0 Å². The number of rotatable bonds is 5. The van der Waals surface area contributed by atoms with Gasteiger partial charge >= 0.3 is 6.03 Å². The molecule has 0 heterocycles. The van der Waals surface area contributed by atoms with Crippen molar-refractivity contribution in [2.24, 2.45) is 0 Å². The fourth-order valence-electron chi connectivity index (χ4n) is 2.33. The van der Waals surface area contributed by atoms with Crippen molar-refractivity contribution in [3.63, 3.8) is 0 Å². The maximum atomic E-state index is 11.7. The molecule has 0 unspecified atom stereocenters. The standard InChI is InChI=1S/C13H25N3O2/c1-3-9-14-13(18)15-12(17)10-16(2)11-7-5-4-6-8-11/h11H,3-10H2,1-2H3,(H2,14,15,17,18). The number of nitrogens with zero attached hydrogens (tertiary/aromatic N) is 1. The number of hydrogen-bond acceptors (Lipinski definition) is 3. The number of urea groups is 1. The highest BCUT2D eigenvalue weighted by molar-refractivity contribution is 5.95. The Morgan fingerprint density at radius 1 is 1.22 bits per heavy atom. The zero-order valence-corrected chi connectivity index (χ0v) is 11.5. The highest BCUT2D eigenvalue weighted by atomic mass is 16.2. The van der Waals surface area contributed by atoms with Gasteiger partial charge in [-0.05, 0) is 26.3 Å². The van der Waals surface area contributed by atoms with Crippen LogP contribution in [-0.2, 0) is 4.79 Å². The third kappa shape index (κ3) is 5.49. The second kappa shape index (κ2) is 8.08. The first-order chi connectivity index (χ1) is 8.63. The van der Waals surface area contributed by atoms with Gasteiger partial charge in [-0.3, -0.25) is 15.0 Å². The van der Waals surface area contributed by atoms with E-state index in [2.05, 4.69) is 15.5 Å². The molecule has 1 saturated carbocycles. The lowest BCUT2D eigenvalue weighted by molar-refractivity contribution is -0.121. The van der Waals surface area contributed by atoms with Crippen molar-refractivity contribution in [3.8, 4) is 0 Å². The summed E-state index contributed by atoms with van der Waals surface area (Å²) in [4.78, 5) is 25.0. The van der Waals surface area contributed by atoms with E-state index in [1.807, 2.05) is 14.0 Å². The van der Waals surface area contributed by atoms with Crippen molar-refractivity contribution in [2.45, 2.75) is 51.5 Å². The van der Waals surface area contributed by atoms with Crippen molar-refractivity contribution in [2.75, 3.05) is 20.1 Å². The average molecular weight is 255 g/mol. The molecule has 0 spiro atoms. The fraction of sp³-hybridized carbons (Fsp3) is 0.846. The Labute approximate surface area is 109 Å². The lowest BCUT2D eigenvalue weighted by atomic mass is 9.94. The minimum atomic E-state index is -0.390. The molecule has 1 aliphatic rings. The van der Waals surface area contributed by atoms with Crippen LogP contribution in [0.1, 0.15) is 45.4 Å². The highest BCUT2D eigenvalue weighted by Crippen LogP contribution is 2.21. The van der Waals surface area contributed by atoms with Crippen molar-refractivity contribution in [3.05, 3.63) is 0 Å². The zero-order valence-electron chi connectivity index (χ0n) is 11.5. The second-order valence-corrected chi connectivity index (χ2v) is 5.01. The molecule has 0 atom stereocenters. The Morgan fingerprint density at radius 2 is 1.89 bits per heavy atom. The first-order valence-corrected chi connectivity index (χ1v) is 6.91.